The Balaban J connectivity index is 0.000000365. The molecule has 1 aliphatic rings. The molecule has 6 heteroatoms. The van der Waals surface area contributed by atoms with Crippen molar-refractivity contribution in [1.82, 2.24) is 0 Å². The molecule has 3 atom stereocenters. The summed E-state index contributed by atoms with van der Waals surface area (Å²) in [6, 6.07) is 16.0. The first kappa shape index (κ1) is 27.1. The maximum absolute atomic E-state index is 13.6. The quantitative estimate of drug-likeness (QED) is 0.567. The molecule has 4 nitrogen and oxygen atoms in total. The minimum atomic E-state index is -1.10. The minimum Gasteiger partial charge on any atom is -0.448 e. The van der Waals surface area contributed by atoms with Crippen LogP contribution in [0.4, 0.5) is 4.39 Å². The van der Waals surface area contributed by atoms with Gasteiger partial charge in [0.15, 0.2) is 5.44 Å². The second kappa shape index (κ2) is 15.0. The van der Waals surface area contributed by atoms with E-state index in [1.54, 1.807) is 0 Å². The first-order valence-corrected chi connectivity index (χ1v) is 11.6. The highest BCUT2D eigenvalue weighted by Crippen LogP contribution is 2.37. The SMILES string of the molecule is CC.CC(=O)OC1SC(COCc2ccc(C)cc2)CC1F.Cc1ccc(CO)cc1. The van der Waals surface area contributed by atoms with E-state index in [0.29, 0.717) is 19.6 Å². The summed E-state index contributed by atoms with van der Waals surface area (Å²) in [6.45, 7) is 10.5. The van der Waals surface area contributed by atoms with Crippen molar-refractivity contribution in [3.8, 4) is 0 Å². The maximum atomic E-state index is 13.6. The smallest absolute Gasteiger partial charge is 0.303 e. The van der Waals surface area contributed by atoms with Crippen LogP contribution in [0.1, 0.15) is 49.4 Å². The molecule has 1 N–H and O–H groups in total. The average molecular weight is 451 g/mol. The third kappa shape index (κ3) is 10.8. The van der Waals surface area contributed by atoms with Crippen molar-refractivity contribution in [3.63, 3.8) is 0 Å². The van der Waals surface area contributed by atoms with E-state index < -0.39 is 17.6 Å². The van der Waals surface area contributed by atoms with Gasteiger partial charge in [0.25, 0.3) is 0 Å². The molecule has 0 radical (unpaired) electrons. The van der Waals surface area contributed by atoms with Crippen LogP contribution in [0.5, 0.6) is 0 Å². The molecule has 31 heavy (non-hydrogen) atoms. The van der Waals surface area contributed by atoms with Crippen LogP contribution in [-0.2, 0) is 27.5 Å². The third-order valence-electron chi connectivity index (χ3n) is 4.39. The van der Waals surface area contributed by atoms with E-state index in [9.17, 15) is 9.18 Å². The van der Waals surface area contributed by atoms with Crippen LogP contribution >= 0.6 is 11.8 Å². The number of aryl methyl sites for hydroxylation is 2. The van der Waals surface area contributed by atoms with Gasteiger partial charge in [0.05, 0.1) is 19.8 Å². The molecule has 0 bridgehead atoms. The maximum Gasteiger partial charge on any atom is 0.303 e. The van der Waals surface area contributed by atoms with E-state index in [1.165, 1.54) is 29.8 Å². The number of carbonyl (C=O) groups excluding carboxylic acids is 1. The minimum absolute atomic E-state index is 0.0415. The number of hydrogen-bond donors (Lipinski definition) is 1. The highest BCUT2D eigenvalue weighted by atomic mass is 32.2. The van der Waals surface area contributed by atoms with Gasteiger partial charge < -0.3 is 14.6 Å². The number of rotatable bonds is 6. The molecule has 0 saturated carbocycles. The van der Waals surface area contributed by atoms with Crippen molar-refractivity contribution in [1.29, 1.82) is 0 Å². The summed E-state index contributed by atoms with van der Waals surface area (Å²) < 4.78 is 24.2. The highest BCUT2D eigenvalue weighted by molar-refractivity contribution is 8.00. The molecule has 1 fully saturated rings. The van der Waals surface area contributed by atoms with Crippen molar-refractivity contribution >= 4 is 17.7 Å². The van der Waals surface area contributed by atoms with Gasteiger partial charge in [0.1, 0.15) is 6.17 Å². The Morgan fingerprint density at radius 3 is 2.03 bits per heavy atom. The van der Waals surface area contributed by atoms with Gasteiger partial charge in [-0.2, -0.15) is 0 Å². The van der Waals surface area contributed by atoms with Crippen molar-refractivity contribution in [2.24, 2.45) is 0 Å². The van der Waals surface area contributed by atoms with E-state index in [2.05, 4.69) is 0 Å². The summed E-state index contributed by atoms with van der Waals surface area (Å²) in [5.74, 6) is -0.439. The number of benzene rings is 2. The van der Waals surface area contributed by atoms with Crippen molar-refractivity contribution in [2.75, 3.05) is 6.61 Å². The monoisotopic (exact) mass is 450 g/mol. The largest absolute Gasteiger partial charge is 0.448 e. The topological polar surface area (TPSA) is 55.8 Å². The van der Waals surface area contributed by atoms with Crippen LogP contribution in [-0.4, -0.2) is 34.5 Å². The lowest BCUT2D eigenvalue weighted by atomic mass is 10.2. The second-order valence-electron chi connectivity index (χ2n) is 7.13. The lowest BCUT2D eigenvalue weighted by molar-refractivity contribution is -0.144. The Morgan fingerprint density at radius 2 is 1.55 bits per heavy atom. The fourth-order valence-corrected chi connectivity index (χ4v) is 4.07. The van der Waals surface area contributed by atoms with E-state index in [1.807, 2.05) is 76.2 Å². The summed E-state index contributed by atoms with van der Waals surface area (Å²) in [7, 11) is 0. The zero-order chi connectivity index (χ0) is 23.2. The number of hydrogen-bond acceptors (Lipinski definition) is 5. The second-order valence-corrected chi connectivity index (χ2v) is 8.54. The Kier molecular flexibility index (Phi) is 13.1. The molecular weight excluding hydrogens is 415 g/mol. The molecule has 1 heterocycles. The molecule has 1 aliphatic heterocycles. The van der Waals surface area contributed by atoms with Gasteiger partial charge in [-0.3, -0.25) is 4.79 Å². The lowest BCUT2D eigenvalue weighted by Crippen LogP contribution is -2.18. The normalized spacial score (nSPS) is 19.5. The molecule has 172 valence electrons. The number of aliphatic hydroxyl groups excluding tert-OH is 1. The van der Waals surface area contributed by atoms with Crippen LogP contribution in [0.3, 0.4) is 0 Å². The Labute approximate surface area is 190 Å². The number of alkyl halides is 1. The molecular formula is C25H35FO4S. The van der Waals surface area contributed by atoms with Gasteiger partial charge in [-0.1, -0.05) is 73.5 Å². The molecule has 2 aromatic rings. The summed E-state index contributed by atoms with van der Waals surface area (Å²) >= 11 is 1.34. The fourth-order valence-electron chi connectivity index (χ4n) is 2.75. The van der Waals surface area contributed by atoms with E-state index in [0.717, 1.165) is 11.1 Å². The number of thioether (sulfide) groups is 1. The molecule has 2 aromatic carbocycles. The van der Waals surface area contributed by atoms with Gasteiger partial charge in [-0.15, -0.1) is 11.8 Å². The van der Waals surface area contributed by atoms with Crippen molar-refractivity contribution < 1.29 is 23.8 Å². The molecule has 3 unspecified atom stereocenters. The van der Waals surface area contributed by atoms with Crippen LogP contribution < -0.4 is 0 Å². The van der Waals surface area contributed by atoms with Crippen LogP contribution in [0.25, 0.3) is 0 Å². The molecule has 3 rings (SSSR count). The van der Waals surface area contributed by atoms with Crippen LogP contribution in [0, 0.1) is 13.8 Å². The van der Waals surface area contributed by atoms with Crippen molar-refractivity contribution in [2.45, 2.75) is 71.1 Å². The van der Waals surface area contributed by atoms with Gasteiger partial charge in [0, 0.05) is 12.2 Å². The Hall–Kier alpha value is -1.89. The Morgan fingerprint density at radius 1 is 1.03 bits per heavy atom. The summed E-state index contributed by atoms with van der Waals surface area (Å²) in [4.78, 5) is 10.8. The van der Waals surface area contributed by atoms with Gasteiger partial charge >= 0.3 is 5.97 Å². The fraction of sp³-hybridized carbons (Fsp3) is 0.480. The molecule has 1 saturated heterocycles. The molecule has 0 aromatic heterocycles. The summed E-state index contributed by atoms with van der Waals surface area (Å²) in [6.07, 6.45) is -0.729. The van der Waals surface area contributed by atoms with Gasteiger partial charge in [-0.05, 0) is 31.4 Å². The number of carbonyl (C=O) groups is 1. The first-order valence-electron chi connectivity index (χ1n) is 10.6. The zero-order valence-corrected chi connectivity index (χ0v) is 20.0. The number of aliphatic hydroxyl groups is 1. The van der Waals surface area contributed by atoms with Crippen LogP contribution in [0.2, 0.25) is 0 Å². The molecule has 0 aliphatic carbocycles. The number of halogens is 1. The predicted molar refractivity (Wildman–Crippen MR) is 126 cm³/mol. The van der Waals surface area contributed by atoms with E-state index >= 15 is 0 Å². The third-order valence-corrected chi connectivity index (χ3v) is 5.76. The summed E-state index contributed by atoms with van der Waals surface area (Å²) in [5.41, 5.74) is 3.84. The first-order chi connectivity index (χ1) is 14.9. The zero-order valence-electron chi connectivity index (χ0n) is 19.1. The predicted octanol–water partition coefficient (Wildman–Crippen LogP) is 5.76. The van der Waals surface area contributed by atoms with Crippen LogP contribution in [0.15, 0.2) is 48.5 Å². The molecule has 0 spiro atoms. The molecule has 0 amide bonds. The van der Waals surface area contributed by atoms with Crippen molar-refractivity contribution in [3.05, 3.63) is 70.8 Å². The number of ether oxygens (including phenoxy) is 2. The Bertz CT molecular complexity index is 749. The van der Waals surface area contributed by atoms with Gasteiger partial charge in [0.2, 0.25) is 0 Å². The summed E-state index contributed by atoms with van der Waals surface area (Å²) in [5, 5.41) is 8.67. The van der Waals surface area contributed by atoms with Gasteiger partial charge in [-0.25, -0.2) is 4.39 Å². The highest BCUT2D eigenvalue weighted by Gasteiger charge is 2.37. The lowest BCUT2D eigenvalue weighted by Gasteiger charge is -2.12. The van der Waals surface area contributed by atoms with E-state index in [-0.39, 0.29) is 11.9 Å². The van der Waals surface area contributed by atoms with E-state index in [4.69, 9.17) is 14.6 Å². The number of esters is 1. The average Bonchev–Trinajstić information content (AvgIpc) is 3.10. The standard InChI is InChI=1S/C15H19FO3S.C8H10O.C2H6/c1-10-3-5-12(6-4-10)8-18-9-13-7-14(16)15(20-13)19-11(2)17;1-7-2-4-8(6-9)5-3-7;1-2/h3-6,13-15H,7-9H2,1-2H3;2-5,9H,6H2,1H3;1-2H3.